The summed E-state index contributed by atoms with van der Waals surface area (Å²) >= 11 is 6.37. The van der Waals surface area contributed by atoms with Crippen LogP contribution < -0.4 is 4.74 Å². The predicted molar refractivity (Wildman–Crippen MR) is 130 cm³/mol. The first kappa shape index (κ1) is 22.0. The quantitative estimate of drug-likeness (QED) is 0.338. The maximum Gasteiger partial charge on any atom is 0.142 e. The van der Waals surface area contributed by atoms with Crippen molar-refractivity contribution in [3.63, 3.8) is 0 Å². The van der Waals surface area contributed by atoms with Crippen molar-refractivity contribution in [2.75, 3.05) is 7.11 Å². The molecule has 5 nitrogen and oxygen atoms in total. The van der Waals surface area contributed by atoms with Gasteiger partial charge in [-0.1, -0.05) is 37.8 Å². The number of benzene rings is 1. The molecule has 1 aliphatic rings. The van der Waals surface area contributed by atoms with Crippen molar-refractivity contribution in [2.24, 2.45) is 0 Å². The fourth-order valence-corrected chi connectivity index (χ4v) is 5.54. The molecule has 1 saturated carbocycles. The van der Waals surface area contributed by atoms with Gasteiger partial charge in [0.2, 0.25) is 0 Å². The number of fused-ring (bicyclic) bond motifs is 1. The second kappa shape index (κ2) is 8.82. The van der Waals surface area contributed by atoms with E-state index in [-0.39, 0.29) is 10.9 Å². The number of nitrogens with one attached hydrogen (secondary N) is 1. The Bertz CT molecular complexity index is 1310. The summed E-state index contributed by atoms with van der Waals surface area (Å²) in [5, 5.41) is 5.80. The van der Waals surface area contributed by atoms with Gasteiger partial charge in [0.1, 0.15) is 17.2 Å². The lowest BCUT2D eigenvalue weighted by molar-refractivity contribution is 0.325. The van der Waals surface area contributed by atoms with Crippen LogP contribution in [-0.2, 0) is 0 Å². The third kappa shape index (κ3) is 3.80. The van der Waals surface area contributed by atoms with Crippen LogP contribution in [0.3, 0.4) is 0 Å². The highest BCUT2D eigenvalue weighted by Crippen LogP contribution is 2.41. The molecule has 172 valence electrons. The molecule has 1 N–H and O–H groups in total. The number of aromatic amines is 1. The van der Waals surface area contributed by atoms with Crippen LogP contribution in [0.25, 0.3) is 22.2 Å². The molecule has 5 rings (SSSR count). The van der Waals surface area contributed by atoms with Crippen LogP contribution in [0.15, 0.2) is 36.8 Å². The molecule has 3 heterocycles. The van der Waals surface area contributed by atoms with Crippen LogP contribution >= 0.6 is 11.6 Å². The first-order chi connectivity index (χ1) is 16.0. The van der Waals surface area contributed by atoms with Gasteiger partial charge in [0.15, 0.2) is 0 Å². The zero-order valence-corrected chi connectivity index (χ0v) is 19.9. The summed E-state index contributed by atoms with van der Waals surface area (Å²) in [6.07, 6.45) is 12.0. The Labute approximate surface area is 197 Å². The number of nitrogens with zero attached hydrogens (tertiary/aromatic N) is 3. The van der Waals surface area contributed by atoms with Crippen LogP contribution in [0, 0.1) is 12.7 Å². The Balaban J connectivity index is 1.56. The molecule has 4 aromatic rings. The Morgan fingerprint density at radius 2 is 2.00 bits per heavy atom. The van der Waals surface area contributed by atoms with E-state index in [1.807, 2.05) is 25.5 Å². The molecular formula is C26H28ClFN4O. The molecule has 1 fully saturated rings. The number of hydrogen-bond donors (Lipinski definition) is 1. The van der Waals surface area contributed by atoms with Gasteiger partial charge in [0.25, 0.3) is 0 Å². The minimum atomic E-state index is -0.455. The number of ether oxygens (including phenoxy) is 1. The van der Waals surface area contributed by atoms with Crippen molar-refractivity contribution in [1.82, 2.24) is 19.7 Å². The Morgan fingerprint density at radius 3 is 2.76 bits per heavy atom. The summed E-state index contributed by atoms with van der Waals surface area (Å²) in [7, 11) is 1.57. The monoisotopic (exact) mass is 466 g/mol. The first-order valence-electron chi connectivity index (χ1n) is 11.5. The van der Waals surface area contributed by atoms with Crippen molar-refractivity contribution in [3.05, 3.63) is 64.5 Å². The van der Waals surface area contributed by atoms with E-state index in [1.165, 1.54) is 43.9 Å². The number of rotatable bonds is 5. The summed E-state index contributed by atoms with van der Waals surface area (Å²) in [5.41, 5.74) is 5.69. The molecule has 1 aromatic carbocycles. The van der Waals surface area contributed by atoms with Gasteiger partial charge in [-0.05, 0) is 43.5 Å². The largest absolute Gasteiger partial charge is 0.496 e. The summed E-state index contributed by atoms with van der Waals surface area (Å²) in [5.74, 6) is -0.0827. The standard InChI is InChI=1S/C26H28ClFN4O/c1-15(24-23(33-3)10-9-22(28)25(24)27)20-13-30-26-19(20)11-17(12-29-26)21-14-31-32(16(21)2)18-7-5-4-6-8-18/h9-15,18H,4-8H2,1-3H3,(H,29,30). The van der Waals surface area contributed by atoms with Gasteiger partial charge in [0.05, 0.1) is 24.4 Å². The number of hydrogen-bond acceptors (Lipinski definition) is 3. The SMILES string of the molecule is COc1ccc(F)c(Cl)c1C(C)c1c[nH]c2ncc(-c3cnn(C4CCCCC4)c3C)cc12. The van der Waals surface area contributed by atoms with Crippen LogP contribution in [0.1, 0.15) is 67.8 Å². The molecule has 0 saturated heterocycles. The second-order valence-electron chi connectivity index (χ2n) is 8.94. The molecule has 1 aliphatic carbocycles. The van der Waals surface area contributed by atoms with Gasteiger partial charge in [-0.2, -0.15) is 5.10 Å². The van der Waals surface area contributed by atoms with Crippen molar-refractivity contribution < 1.29 is 9.13 Å². The van der Waals surface area contributed by atoms with Crippen molar-refractivity contribution >= 4 is 22.6 Å². The number of methoxy groups -OCH3 is 1. The molecular weight excluding hydrogens is 439 g/mol. The smallest absolute Gasteiger partial charge is 0.142 e. The van der Waals surface area contributed by atoms with Crippen LogP contribution in [0.2, 0.25) is 5.02 Å². The third-order valence-electron chi connectivity index (χ3n) is 7.05. The minimum absolute atomic E-state index is 0.0879. The summed E-state index contributed by atoms with van der Waals surface area (Å²) in [4.78, 5) is 7.92. The summed E-state index contributed by atoms with van der Waals surface area (Å²) in [6, 6.07) is 5.57. The molecule has 0 spiro atoms. The molecule has 1 unspecified atom stereocenters. The van der Waals surface area contributed by atoms with E-state index >= 15 is 0 Å². The molecule has 0 radical (unpaired) electrons. The topological polar surface area (TPSA) is 55.7 Å². The van der Waals surface area contributed by atoms with Crippen molar-refractivity contribution in [2.45, 2.75) is 57.9 Å². The van der Waals surface area contributed by atoms with Gasteiger partial charge in [-0.15, -0.1) is 0 Å². The highest BCUT2D eigenvalue weighted by Gasteiger charge is 2.24. The van der Waals surface area contributed by atoms with Crippen LogP contribution in [0.4, 0.5) is 4.39 Å². The number of pyridine rings is 1. The Kier molecular flexibility index (Phi) is 5.87. The molecule has 0 aliphatic heterocycles. The normalized spacial score (nSPS) is 15.8. The lowest BCUT2D eigenvalue weighted by Gasteiger charge is -2.23. The first-order valence-corrected chi connectivity index (χ1v) is 11.9. The Hall–Kier alpha value is -2.86. The number of halogens is 2. The number of aromatic nitrogens is 4. The van der Waals surface area contributed by atoms with Gasteiger partial charge < -0.3 is 9.72 Å². The maximum absolute atomic E-state index is 14.3. The van der Waals surface area contributed by atoms with Gasteiger partial charge >= 0.3 is 0 Å². The lowest BCUT2D eigenvalue weighted by Crippen LogP contribution is -2.15. The molecule has 1 atom stereocenters. The van der Waals surface area contributed by atoms with E-state index in [0.29, 0.717) is 17.4 Å². The minimum Gasteiger partial charge on any atom is -0.496 e. The highest BCUT2D eigenvalue weighted by molar-refractivity contribution is 6.31. The third-order valence-corrected chi connectivity index (χ3v) is 7.44. The van der Waals surface area contributed by atoms with Gasteiger partial charge in [-0.25, -0.2) is 9.37 Å². The van der Waals surface area contributed by atoms with E-state index < -0.39 is 5.82 Å². The molecule has 3 aromatic heterocycles. The second-order valence-corrected chi connectivity index (χ2v) is 9.32. The summed E-state index contributed by atoms with van der Waals surface area (Å²) in [6.45, 7) is 4.14. The van der Waals surface area contributed by atoms with Crippen molar-refractivity contribution in [3.8, 4) is 16.9 Å². The van der Waals surface area contributed by atoms with Crippen LogP contribution in [-0.4, -0.2) is 26.9 Å². The average Bonchev–Trinajstić information content (AvgIpc) is 3.44. The van der Waals surface area contributed by atoms with Gasteiger partial charge in [0, 0.05) is 46.1 Å². The predicted octanol–water partition coefficient (Wildman–Crippen LogP) is 7.19. The van der Waals surface area contributed by atoms with Gasteiger partial charge in [-0.3, -0.25) is 4.68 Å². The van der Waals surface area contributed by atoms with E-state index in [1.54, 1.807) is 13.2 Å². The van der Waals surface area contributed by atoms with E-state index in [4.69, 9.17) is 21.4 Å². The molecule has 33 heavy (non-hydrogen) atoms. The molecule has 0 bridgehead atoms. The highest BCUT2D eigenvalue weighted by atomic mass is 35.5. The average molecular weight is 467 g/mol. The summed E-state index contributed by atoms with van der Waals surface area (Å²) < 4.78 is 22.0. The molecule has 0 amide bonds. The fourth-order valence-electron chi connectivity index (χ4n) is 5.22. The fraction of sp³-hybridized carbons (Fsp3) is 0.385. The maximum atomic E-state index is 14.3. The van der Waals surface area contributed by atoms with E-state index in [9.17, 15) is 4.39 Å². The van der Waals surface area contributed by atoms with Crippen molar-refractivity contribution in [1.29, 1.82) is 0 Å². The molecule has 7 heteroatoms. The zero-order chi connectivity index (χ0) is 23.1. The lowest BCUT2D eigenvalue weighted by atomic mass is 9.91. The van der Waals surface area contributed by atoms with E-state index in [0.717, 1.165) is 27.7 Å². The van der Waals surface area contributed by atoms with Crippen LogP contribution in [0.5, 0.6) is 5.75 Å². The Morgan fingerprint density at radius 1 is 1.21 bits per heavy atom. The zero-order valence-electron chi connectivity index (χ0n) is 19.2. The number of H-pyrrole nitrogens is 1. The van der Waals surface area contributed by atoms with E-state index in [2.05, 4.69) is 27.6 Å².